The molecule has 1 aliphatic rings. The van der Waals surface area contributed by atoms with Crippen LogP contribution in [0.15, 0.2) is 41.4 Å². The van der Waals surface area contributed by atoms with E-state index < -0.39 is 48.0 Å². The highest BCUT2D eigenvalue weighted by atomic mass is 35.5. The molecule has 0 unspecified atom stereocenters. The molecule has 9 N–H and O–H groups in total. The number of nitrogens with two attached hydrogens (primary N) is 2. The molecule has 0 heterocycles. The third-order valence-corrected chi connectivity index (χ3v) is 7.03. The van der Waals surface area contributed by atoms with E-state index in [0.29, 0.717) is 13.1 Å². The number of guanidine groups is 1. The van der Waals surface area contributed by atoms with Crippen LogP contribution in [0.5, 0.6) is 0 Å². The van der Waals surface area contributed by atoms with Crippen LogP contribution in [-0.2, 0) is 25.7 Å². The lowest BCUT2D eigenvalue weighted by Gasteiger charge is -2.25. The summed E-state index contributed by atoms with van der Waals surface area (Å²) < 4.78 is 77.2. The lowest BCUT2D eigenvalue weighted by molar-refractivity contribution is -0.193. The molecule has 12 nitrogen and oxygen atoms in total. The summed E-state index contributed by atoms with van der Waals surface area (Å²) in [5, 5.41) is 22.6. The molecule has 272 valence electrons. The first-order chi connectivity index (χ1) is 22.6. The van der Waals surface area contributed by atoms with Gasteiger partial charge >= 0.3 is 36.1 Å². The van der Waals surface area contributed by atoms with Crippen LogP contribution in [0.2, 0.25) is 5.02 Å². The van der Waals surface area contributed by atoms with Gasteiger partial charge in [0.2, 0.25) is 0 Å². The summed E-state index contributed by atoms with van der Waals surface area (Å²) in [6, 6.07) is 9.48. The normalized spacial score (nSPS) is 16.5. The first kappa shape index (κ1) is 42.4. The Morgan fingerprint density at radius 2 is 1.49 bits per heavy atom. The minimum absolute atomic E-state index is 0.0290. The van der Waals surface area contributed by atoms with E-state index in [4.69, 9.17) is 42.9 Å². The van der Waals surface area contributed by atoms with Gasteiger partial charge in [-0.3, -0.25) is 14.6 Å². The van der Waals surface area contributed by atoms with E-state index in [1.54, 1.807) is 0 Å². The van der Waals surface area contributed by atoms with Crippen molar-refractivity contribution >= 4 is 47.0 Å². The number of nitrogens with one attached hydrogen (secondary N) is 3. The molecule has 3 atom stereocenters. The van der Waals surface area contributed by atoms with Crippen LogP contribution in [0.3, 0.4) is 0 Å². The monoisotopic (exact) mass is 730 g/mol. The van der Waals surface area contributed by atoms with Gasteiger partial charge in [0.1, 0.15) is 5.82 Å². The summed E-state index contributed by atoms with van der Waals surface area (Å²) in [7, 11) is 1.89. The molecule has 0 saturated heterocycles. The lowest BCUT2D eigenvalue weighted by Crippen LogP contribution is -2.40. The number of halogens is 8. The average molecular weight is 731 g/mol. The van der Waals surface area contributed by atoms with Gasteiger partial charge in [-0.05, 0) is 54.3 Å². The van der Waals surface area contributed by atoms with Gasteiger partial charge in [-0.15, -0.1) is 0 Å². The van der Waals surface area contributed by atoms with Gasteiger partial charge in [0.15, 0.2) is 5.96 Å². The number of aliphatic imine (C=N–C) groups is 1. The van der Waals surface area contributed by atoms with Gasteiger partial charge < -0.3 is 37.6 Å². The Balaban J connectivity index is 0.000000717. The standard InChI is InChI=1S/C25H32ClFN6O2.2C2HF3O2/c1-3-4-5-16-18-10-14(12-30-2)6-8-17(18)22(19(16)13-31-25(28)29)33-24(35)23(34)32-15-7-9-20(26)21(27)11-15;2*3-2(4,5)1(6)7/h6-11,16,19,22,30H,3-5,12-13H2,1-2H3,(H,32,34)(H,33,35)(H4,28,29,31);2*(H,6,7)/t16-,19+,22+;;/m1../s1. The fraction of sp³-hybridized carbons (Fsp3) is 0.414. The molecule has 0 aliphatic heterocycles. The fourth-order valence-electron chi connectivity index (χ4n) is 4.63. The van der Waals surface area contributed by atoms with Crippen molar-refractivity contribution in [3.63, 3.8) is 0 Å². The molecule has 0 spiro atoms. The highest BCUT2D eigenvalue weighted by Gasteiger charge is 2.42. The summed E-state index contributed by atoms with van der Waals surface area (Å²) in [6.07, 6.45) is -7.24. The molecular weight excluding hydrogens is 697 g/mol. The van der Waals surface area contributed by atoms with Gasteiger partial charge in [0.25, 0.3) is 0 Å². The topological polar surface area (TPSA) is 209 Å². The van der Waals surface area contributed by atoms with E-state index in [1.165, 1.54) is 12.1 Å². The van der Waals surface area contributed by atoms with Crippen molar-refractivity contribution in [3.05, 3.63) is 63.9 Å². The minimum atomic E-state index is -5.08. The first-order valence-electron chi connectivity index (χ1n) is 14.1. The molecule has 3 rings (SSSR count). The van der Waals surface area contributed by atoms with Gasteiger partial charge in [-0.25, -0.2) is 14.0 Å². The number of rotatable bonds is 9. The quantitative estimate of drug-likeness (QED) is 0.0841. The molecule has 0 radical (unpaired) electrons. The van der Waals surface area contributed by atoms with E-state index in [-0.39, 0.29) is 28.5 Å². The summed E-state index contributed by atoms with van der Waals surface area (Å²) in [4.78, 5) is 47.6. The number of carboxylic acids is 2. The predicted molar refractivity (Wildman–Crippen MR) is 164 cm³/mol. The van der Waals surface area contributed by atoms with Crippen LogP contribution in [-0.4, -0.2) is 65.9 Å². The molecule has 2 aromatic rings. The summed E-state index contributed by atoms with van der Waals surface area (Å²) in [6.45, 7) is 3.15. The smallest absolute Gasteiger partial charge is 0.475 e. The Bertz CT molecular complexity index is 1480. The second-order valence-electron chi connectivity index (χ2n) is 10.3. The van der Waals surface area contributed by atoms with Crippen LogP contribution >= 0.6 is 11.6 Å². The second-order valence-corrected chi connectivity index (χ2v) is 10.7. The Labute approximate surface area is 280 Å². The Kier molecular flexibility index (Phi) is 16.2. The molecule has 0 saturated carbocycles. The summed E-state index contributed by atoms with van der Waals surface area (Å²) in [5.74, 6) is -7.99. The van der Waals surface area contributed by atoms with Gasteiger partial charge in [0.05, 0.1) is 11.1 Å². The van der Waals surface area contributed by atoms with Crippen molar-refractivity contribution in [2.24, 2.45) is 22.4 Å². The molecule has 0 bridgehead atoms. The van der Waals surface area contributed by atoms with Crippen LogP contribution in [0.1, 0.15) is 54.8 Å². The van der Waals surface area contributed by atoms with Crippen molar-refractivity contribution in [1.82, 2.24) is 10.6 Å². The van der Waals surface area contributed by atoms with E-state index >= 15 is 0 Å². The van der Waals surface area contributed by atoms with Gasteiger partial charge in [-0.1, -0.05) is 49.6 Å². The van der Waals surface area contributed by atoms with Crippen molar-refractivity contribution in [2.75, 3.05) is 18.9 Å². The molecular formula is C29H34ClF7N6O6. The number of hydrogen-bond donors (Lipinski definition) is 7. The number of unbranched alkanes of at least 4 members (excludes halogenated alkanes) is 1. The highest BCUT2D eigenvalue weighted by molar-refractivity contribution is 6.39. The molecule has 2 amide bonds. The Hall–Kier alpha value is -4.65. The zero-order chi connectivity index (χ0) is 37.7. The molecule has 49 heavy (non-hydrogen) atoms. The maximum atomic E-state index is 13.7. The molecule has 1 aliphatic carbocycles. The largest absolute Gasteiger partial charge is 0.490 e. The fourth-order valence-corrected chi connectivity index (χ4v) is 4.74. The zero-order valence-corrected chi connectivity index (χ0v) is 26.6. The molecule has 2 aromatic carbocycles. The van der Waals surface area contributed by atoms with Crippen LogP contribution in [0, 0.1) is 11.7 Å². The van der Waals surface area contributed by atoms with Crippen molar-refractivity contribution in [2.45, 2.75) is 57.0 Å². The second kappa shape index (κ2) is 18.8. The van der Waals surface area contributed by atoms with Crippen LogP contribution < -0.4 is 27.4 Å². The zero-order valence-electron chi connectivity index (χ0n) is 25.9. The van der Waals surface area contributed by atoms with Crippen LogP contribution in [0.4, 0.5) is 36.4 Å². The van der Waals surface area contributed by atoms with E-state index in [2.05, 4.69) is 33.9 Å². The minimum Gasteiger partial charge on any atom is -0.475 e. The van der Waals surface area contributed by atoms with Crippen molar-refractivity contribution < 1.29 is 60.1 Å². The Morgan fingerprint density at radius 1 is 0.918 bits per heavy atom. The average Bonchev–Trinajstić information content (AvgIpc) is 3.27. The molecule has 0 fully saturated rings. The third-order valence-electron chi connectivity index (χ3n) is 6.72. The first-order valence-corrected chi connectivity index (χ1v) is 14.5. The number of anilines is 1. The number of benzene rings is 2. The number of carboxylic acid groups (broad SMARTS) is 2. The molecule has 20 heteroatoms. The maximum Gasteiger partial charge on any atom is 0.490 e. The van der Waals surface area contributed by atoms with Gasteiger partial charge in [0, 0.05) is 24.7 Å². The number of carbonyl (C=O) groups is 4. The van der Waals surface area contributed by atoms with Crippen LogP contribution in [0.25, 0.3) is 0 Å². The summed E-state index contributed by atoms with van der Waals surface area (Å²) in [5.41, 5.74) is 14.6. The molecule has 0 aromatic heterocycles. The van der Waals surface area contributed by atoms with Gasteiger partial charge in [-0.2, -0.15) is 26.3 Å². The van der Waals surface area contributed by atoms with Crippen molar-refractivity contribution in [3.8, 4) is 0 Å². The number of carbonyl (C=O) groups excluding carboxylic acids is 2. The maximum absolute atomic E-state index is 13.7. The number of alkyl halides is 6. The predicted octanol–water partition coefficient (Wildman–Crippen LogP) is 4.44. The van der Waals surface area contributed by atoms with E-state index in [9.17, 15) is 40.3 Å². The SMILES string of the molecule is CCCC[C@@H]1c2cc(CNC)ccc2[C@H](NC(=O)C(=O)Nc2ccc(Cl)c(F)c2)[C@H]1CN=C(N)N.O=C(O)C(F)(F)F.O=C(O)C(F)(F)F. The van der Waals surface area contributed by atoms with E-state index in [0.717, 1.165) is 42.0 Å². The third kappa shape index (κ3) is 13.8. The Morgan fingerprint density at radius 3 is 1.96 bits per heavy atom. The number of aliphatic carboxylic acids is 2. The summed E-state index contributed by atoms with van der Waals surface area (Å²) >= 11 is 5.69. The highest BCUT2D eigenvalue weighted by Crippen LogP contribution is 2.48. The number of hydrogen-bond acceptors (Lipinski definition) is 6. The lowest BCUT2D eigenvalue weighted by atomic mass is 9.86. The van der Waals surface area contributed by atoms with Crippen molar-refractivity contribution in [1.29, 1.82) is 0 Å². The number of amides is 2. The number of fused-ring (bicyclic) bond motifs is 1. The van der Waals surface area contributed by atoms with E-state index in [1.807, 2.05) is 19.2 Å². The number of nitrogens with zero attached hydrogens (tertiary/aromatic N) is 1.